The summed E-state index contributed by atoms with van der Waals surface area (Å²) in [5.74, 6) is -1.51. The van der Waals surface area contributed by atoms with Gasteiger partial charge in [0.1, 0.15) is 0 Å². The topological polar surface area (TPSA) is 69.2 Å². The number of carboxylic acids is 1. The second kappa shape index (κ2) is 20.0. The fourth-order valence-electron chi connectivity index (χ4n) is 2.74. The van der Waals surface area contributed by atoms with Crippen LogP contribution in [0.25, 0.3) is 0 Å². The zero-order valence-corrected chi connectivity index (χ0v) is 18.6. The molecule has 0 radical (unpaired) electrons. The molecule has 0 aliphatic carbocycles. The third-order valence-corrected chi connectivity index (χ3v) is 4.17. The molecule has 1 atom stereocenters. The van der Waals surface area contributed by atoms with E-state index in [4.69, 9.17) is 0 Å². The molecule has 0 heterocycles. The van der Waals surface area contributed by atoms with Crippen LogP contribution in [0, 0.1) is 0 Å². The van der Waals surface area contributed by atoms with E-state index in [1.165, 1.54) is 51.9 Å². The first kappa shape index (κ1) is 26.9. The van der Waals surface area contributed by atoms with Crippen molar-refractivity contribution in [1.29, 1.82) is 0 Å². The van der Waals surface area contributed by atoms with Crippen molar-refractivity contribution in [3.63, 3.8) is 0 Å². The molecule has 0 rings (SSSR count). The Morgan fingerprint density at radius 2 is 1.36 bits per heavy atom. The summed E-state index contributed by atoms with van der Waals surface area (Å²) in [6.07, 6.45) is 19.4. The zero-order chi connectivity index (χ0) is 18.0. The van der Waals surface area contributed by atoms with Crippen molar-refractivity contribution in [2.45, 2.75) is 103 Å². The number of carboxylic acid groups (broad SMARTS) is 1. The van der Waals surface area contributed by atoms with Gasteiger partial charge >= 0.3 is 29.6 Å². The van der Waals surface area contributed by atoms with Crippen LogP contribution in [-0.4, -0.2) is 17.9 Å². The summed E-state index contributed by atoms with van der Waals surface area (Å²) in [4.78, 5) is 21.8. The summed E-state index contributed by atoms with van der Waals surface area (Å²) in [6.45, 7) is 3.57. The Kier molecular flexibility index (Phi) is 21.5. The second-order valence-corrected chi connectivity index (χ2v) is 6.59. The first-order valence-electron chi connectivity index (χ1n) is 9.70. The van der Waals surface area contributed by atoms with Gasteiger partial charge in [0, 0.05) is 6.92 Å². The van der Waals surface area contributed by atoms with Gasteiger partial charge in [-0.2, -0.15) is 0 Å². The molecular weight excluding hydrogens is 325 g/mol. The third kappa shape index (κ3) is 19.8. The van der Waals surface area contributed by atoms with Crippen molar-refractivity contribution >= 4 is 11.9 Å². The number of allylic oxidation sites excluding steroid dienone is 2. The van der Waals surface area contributed by atoms with E-state index in [9.17, 15) is 14.7 Å². The van der Waals surface area contributed by atoms with Crippen molar-refractivity contribution in [2.24, 2.45) is 0 Å². The van der Waals surface area contributed by atoms with Gasteiger partial charge in [-0.3, -0.25) is 4.79 Å². The molecule has 5 heteroatoms. The second-order valence-electron chi connectivity index (χ2n) is 6.59. The number of amides is 1. The average Bonchev–Trinajstić information content (AvgIpc) is 2.53. The van der Waals surface area contributed by atoms with Crippen molar-refractivity contribution in [3.8, 4) is 0 Å². The number of nitrogens with one attached hydrogen (secondary N) is 1. The van der Waals surface area contributed by atoms with Gasteiger partial charge in [0.25, 0.3) is 0 Å². The van der Waals surface area contributed by atoms with E-state index in [1.807, 2.05) is 0 Å². The van der Waals surface area contributed by atoms with Crippen LogP contribution >= 0.6 is 0 Å². The fraction of sp³-hybridized carbons (Fsp3) is 0.800. The molecule has 0 aliphatic rings. The minimum absolute atomic E-state index is 0. The Labute approximate surface area is 176 Å². The number of hydrogen-bond acceptors (Lipinski definition) is 3. The van der Waals surface area contributed by atoms with Crippen LogP contribution in [0.1, 0.15) is 97.3 Å². The van der Waals surface area contributed by atoms with Crippen LogP contribution in [0.5, 0.6) is 0 Å². The van der Waals surface area contributed by atoms with E-state index in [0.29, 0.717) is 6.42 Å². The average molecular weight is 362 g/mol. The summed E-state index contributed by atoms with van der Waals surface area (Å²) in [6, 6.07) is -0.847. The molecule has 4 nitrogen and oxygen atoms in total. The molecule has 1 unspecified atom stereocenters. The summed E-state index contributed by atoms with van der Waals surface area (Å²) >= 11 is 0. The van der Waals surface area contributed by atoms with Crippen LogP contribution in [0.2, 0.25) is 0 Å². The molecule has 25 heavy (non-hydrogen) atoms. The molecule has 0 saturated heterocycles. The van der Waals surface area contributed by atoms with Crippen LogP contribution in [0.3, 0.4) is 0 Å². The van der Waals surface area contributed by atoms with Gasteiger partial charge < -0.3 is 15.2 Å². The molecule has 0 aromatic carbocycles. The smallest absolute Gasteiger partial charge is 0.548 e. The monoisotopic (exact) mass is 361 g/mol. The van der Waals surface area contributed by atoms with Crippen molar-refractivity contribution < 1.29 is 44.3 Å². The Morgan fingerprint density at radius 1 is 0.880 bits per heavy atom. The van der Waals surface area contributed by atoms with Crippen molar-refractivity contribution in [2.75, 3.05) is 0 Å². The van der Waals surface area contributed by atoms with Crippen LogP contribution in [0.4, 0.5) is 0 Å². The van der Waals surface area contributed by atoms with Crippen LogP contribution in [-0.2, 0) is 9.59 Å². The molecule has 0 aromatic heterocycles. The standard InChI is InChI=1S/C20H37NO3.Na/c1-3-4-5-6-7-8-9-10-11-12-13-14-15-16-17-19(20(23)24)21-18(2)22;/h10-11,19H,3-9,12-17H2,1-2H3,(H,21,22)(H,23,24);/q;+1/p-1/b11-10-;. The summed E-state index contributed by atoms with van der Waals surface area (Å²) in [5, 5.41) is 13.3. The van der Waals surface area contributed by atoms with Crippen molar-refractivity contribution in [3.05, 3.63) is 12.2 Å². The van der Waals surface area contributed by atoms with E-state index >= 15 is 0 Å². The van der Waals surface area contributed by atoms with E-state index in [0.717, 1.165) is 32.1 Å². The molecule has 0 fully saturated rings. The Hall–Kier alpha value is -0.320. The first-order valence-corrected chi connectivity index (χ1v) is 9.70. The van der Waals surface area contributed by atoms with Crippen molar-refractivity contribution in [1.82, 2.24) is 5.32 Å². The van der Waals surface area contributed by atoms with E-state index < -0.39 is 12.0 Å². The Balaban J connectivity index is 0. The van der Waals surface area contributed by atoms with Gasteiger partial charge in [-0.25, -0.2) is 0 Å². The maximum absolute atomic E-state index is 10.9. The molecular formula is C20H36NNaO3. The fourth-order valence-corrected chi connectivity index (χ4v) is 2.74. The zero-order valence-electron chi connectivity index (χ0n) is 16.6. The van der Waals surface area contributed by atoms with E-state index in [1.54, 1.807) is 0 Å². The summed E-state index contributed by atoms with van der Waals surface area (Å²) in [7, 11) is 0. The van der Waals surface area contributed by atoms with Gasteiger partial charge in [0.05, 0.1) is 12.0 Å². The number of carbonyl (C=O) groups excluding carboxylic acids is 2. The maximum atomic E-state index is 10.9. The molecule has 1 N–H and O–H groups in total. The maximum Gasteiger partial charge on any atom is 1.00 e. The number of unbranched alkanes of at least 4 members (excludes halogenated alkanes) is 10. The number of aliphatic carboxylic acids is 1. The number of rotatable bonds is 16. The van der Waals surface area contributed by atoms with Gasteiger partial charge in [0.2, 0.25) is 5.91 Å². The predicted octanol–water partition coefficient (Wildman–Crippen LogP) is 0.892. The van der Waals surface area contributed by atoms with E-state index in [-0.39, 0.29) is 35.5 Å². The largest absolute Gasteiger partial charge is 1.00 e. The molecule has 0 spiro atoms. The number of carbonyl (C=O) groups is 2. The third-order valence-electron chi connectivity index (χ3n) is 4.17. The van der Waals surface area contributed by atoms with Gasteiger partial charge in [-0.1, -0.05) is 70.4 Å². The summed E-state index contributed by atoms with van der Waals surface area (Å²) < 4.78 is 0. The predicted molar refractivity (Wildman–Crippen MR) is 97.4 cm³/mol. The number of hydrogen-bond donors (Lipinski definition) is 1. The van der Waals surface area contributed by atoms with Crippen LogP contribution in [0.15, 0.2) is 12.2 Å². The minimum Gasteiger partial charge on any atom is -0.548 e. The molecule has 1 amide bonds. The molecule has 0 saturated carbocycles. The molecule has 0 bridgehead atoms. The van der Waals surface area contributed by atoms with Gasteiger partial charge in [-0.15, -0.1) is 0 Å². The van der Waals surface area contributed by atoms with Crippen LogP contribution < -0.4 is 40.0 Å². The minimum atomic E-state index is -1.19. The van der Waals surface area contributed by atoms with E-state index in [2.05, 4.69) is 24.4 Å². The quantitative estimate of drug-likeness (QED) is 0.252. The Bertz CT molecular complexity index is 359. The van der Waals surface area contributed by atoms with Gasteiger partial charge in [-0.05, 0) is 32.1 Å². The normalized spacial score (nSPS) is 11.9. The van der Waals surface area contributed by atoms with Gasteiger partial charge in [0.15, 0.2) is 0 Å². The summed E-state index contributed by atoms with van der Waals surface area (Å²) in [5.41, 5.74) is 0. The molecule has 140 valence electrons. The molecule has 0 aromatic rings. The first-order chi connectivity index (χ1) is 11.6. The Morgan fingerprint density at radius 3 is 1.84 bits per heavy atom. The molecule has 0 aliphatic heterocycles. The SMILES string of the molecule is CCCCCCCC/C=C\CCCCCCC(NC(C)=O)C(=O)[O-].[Na+].